The van der Waals surface area contributed by atoms with E-state index in [1.807, 2.05) is 34.9 Å². The van der Waals surface area contributed by atoms with Crippen LogP contribution in [0.5, 0.6) is 5.75 Å². The topological polar surface area (TPSA) is 114 Å². The molecule has 4 aromatic rings. The Balaban J connectivity index is 1.08. The van der Waals surface area contributed by atoms with Gasteiger partial charge in [0.05, 0.1) is 30.8 Å². The minimum absolute atomic E-state index is 0.00274. The smallest absolute Gasteiger partial charge is 0.354 e. The largest absolute Gasteiger partial charge is 0.481 e. The van der Waals surface area contributed by atoms with Crippen LogP contribution in [0.25, 0.3) is 17.2 Å². The summed E-state index contributed by atoms with van der Waals surface area (Å²) in [6.07, 6.45) is 6.16. The van der Waals surface area contributed by atoms with E-state index in [-0.39, 0.29) is 23.3 Å². The summed E-state index contributed by atoms with van der Waals surface area (Å²) in [7, 11) is 0. The third-order valence-corrected chi connectivity index (χ3v) is 8.67. The highest BCUT2D eigenvalue weighted by Gasteiger charge is 2.29. The maximum Gasteiger partial charge on any atom is 0.354 e. The van der Waals surface area contributed by atoms with Crippen LogP contribution >= 0.6 is 0 Å². The summed E-state index contributed by atoms with van der Waals surface area (Å²) >= 11 is 0. The number of imidazole rings is 1. The van der Waals surface area contributed by atoms with Crippen molar-refractivity contribution in [2.24, 2.45) is 0 Å². The second-order valence-electron chi connectivity index (χ2n) is 11.3. The van der Waals surface area contributed by atoms with Crippen LogP contribution in [0.3, 0.4) is 0 Å². The fourth-order valence-corrected chi connectivity index (χ4v) is 6.23. The number of likely N-dealkylation sites (tertiary alicyclic amines) is 1. The molecule has 1 N–H and O–H groups in total. The number of nitrogens with zero attached hydrogens (tertiary/aromatic N) is 5. The molecule has 2 aromatic carbocycles. The number of rotatable bonds is 7. The number of carbonyl (C=O) groups is 1. The molecule has 2 saturated heterocycles. The minimum atomic E-state index is -1.06. The number of para-hydroxylation sites is 1. The normalized spacial score (nSPS) is 20.3. The molecular formula is C33H30FN5O4. The van der Waals surface area contributed by atoms with Gasteiger partial charge < -0.3 is 19.1 Å². The molecular weight excluding hydrogens is 549 g/mol. The number of aromatic carboxylic acids is 1. The highest BCUT2D eigenvalue weighted by Crippen LogP contribution is 2.42. The third-order valence-electron chi connectivity index (χ3n) is 8.67. The van der Waals surface area contributed by atoms with Gasteiger partial charge in [-0.25, -0.2) is 19.2 Å². The lowest BCUT2D eigenvalue weighted by molar-refractivity contribution is -0.0593. The molecule has 2 aromatic heterocycles. The van der Waals surface area contributed by atoms with Crippen molar-refractivity contribution >= 4 is 23.2 Å². The molecule has 3 aliphatic rings. The van der Waals surface area contributed by atoms with E-state index in [0.29, 0.717) is 29.8 Å². The van der Waals surface area contributed by atoms with Crippen molar-refractivity contribution in [3.8, 4) is 11.8 Å². The van der Waals surface area contributed by atoms with Crippen LogP contribution in [-0.4, -0.2) is 56.3 Å². The van der Waals surface area contributed by atoms with E-state index in [4.69, 9.17) is 19.7 Å². The predicted molar refractivity (Wildman–Crippen MR) is 156 cm³/mol. The molecule has 3 aliphatic heterocycles. The molecule has 0 saturated carbocycles. The average molecular weight is 580 g/mol. The van der Waals surface area contributed by atoms with Crippen LogP contribution in [0.2, 0.25) is 0 Å². The van der Waals surface area contributed by atoms with Gasteiger partial charge in [0, 0.05) is 17.7 Å². The zero-order valence-electron chi connectivity index (χ0n) is 23.4. The van der Waals surface area contributed by atoms with Crippen molar-refractivity contribution < 1.29 is 23.8 Å². The lowest BCUT2D eigenvalue weighted by Crippen LogP contribution is -2.35. The number of carboxylic acids is 1. The minimum Gasteiger partial charge on any atom is -0.481 e. The van der Waals surface area contributed by atoms with E-state index >= 15 is 0 Å². The molecule has 0 amide bonds. The van der Waals surface area contributed by atoms with Crippen LogP contribution in [0.15, 0.2) is 54.6 Å². The van der Waals surface area contributed by atoms with E-state index in [0.717, 1.165) is 61.7 Å². The third kappa shape index (κ3) is 5.26. The van der Waals surface area contributed by atoms with Crippen LogP contribution in [0.1, 0.15) is 69.9 Å². The van der Waals surface area contributed by atoms with E-state index in [1.54, 1.807) is 18.2 Å². The van der Waals surface area contributed by atoms with E-state index < -0.39 is 17.9 Å². The Morgan fingerprint density at radius 1 is 1.09 bits per heavy atom. The zero-order chi connectivity index (χ0) is 29.5. The first-order valence-corrected chi connectivity index (χ1v) is 14.6. The first kappa shape index (κ1) is 27.3. The number of fused-ring (bicyclic) bond motifs is 2. The number of aromatic nitrogens is 3. The van der Waals surface area contributed by atoms with Gasteiger partial charge in [-0.3, -0.25) is 4.90 Å². The molecule has 9 nitrogen and oxygen atoms in total. The summed E-state index contributed by atoms with van der Waals surface area (Å²) in [5, 5.41) is 18.6. The molecule has 5 heterocycles. The summed E-state index contributed by atoms with van der Waals surface area (Å²) in [6.45, 7) is 3.67. The van der Waals surface area contributed by atoms with Crippen molar-refractivity contribution in [3.05, 3.63) is 94.2 Å². The Bertz CT molecular complexity index is 1780. The summed E-state index contributed by atoms with van der Waals surface area (Å²) in [4.78, 5) is 23.2. The lowest BCUT2D eigenvalue weighted by Gasteiger charge is -2.34. The number of hydrogen-bond donors (Lipinski definition) is 1. The number of piperidine rings is 1. The van der Waals surface area contributed by atoms with E-state index in [1.165, 1.54) is 12.1 Å². The first-order valence-electron chi connectivity index (χ1n) is 14.6. The molecule has 2 fully saturated rings. The van der Waals surface area contributed by atoms with Gasteiger partial charge in [-0.2, -0.15) is 5.26 Å². The Hall–Kier alpha value is -4.59. The average Bonchev–Trinajstić information content (AvgIpc) is 3.34. The number of pyridine rings is 1. The van der Waals surface area contributed by atoms with Crippen molar-refractivity contribution in [2.75, 3.05) is 19.7 Å². The molecule has 0 spiro atoms. The van der Waals surface area contributed by atoms with Crippen LogP contribution in [-0.2, 0) is 17.8 Å². The van der Waals surface area contributed by atoms with Gasteiger partial charge >= 0.3 is 5.97 Å². The molecule has 0 unspecified atom stereocenters. The summed E-state index contributed by atoms with van der Waals surface area (Å²) in [5.41, 5.74) is 4.06. The van der Waals surface area contributed by atoms with E-state index in [9.17, 15) is 14.3 Å². The molecule has 0 aliphatic carbocycles. The Morgan fingerprint density at radius 3 is 2.65 bits per heavy atom. The number of halogens is 1. The maximum absolute atomic E-state index is 14.8. The van der Waals surface area contributed by atoms with Gasteiger partial charge in [0.15, 0.2) is 11.3 Å². The Morgan fingerprint density at radius 2 is 1.93 bits per heavy atom. The van der Waals surface area contributed by atoms with Crippen molar-refractivity contribution in [2.45, 2.75) is 50.5 Å². The second-order valence-corrected chi connectivity index (χ2v) is 11.3. The number of hydrogen-bond acceptors (Lipinski definition) is 7. The number of nitriles is 1. The summed E-state index contributed by atoms with van der Waals surface area (Å²) < 4.78 is 28.9. The van der Waals surface area contributed by atoms with Crippen LogP contribution < -0.4 is 4.74 Å². The fourth-order valence-electron chi connectivity index (χ4n) is 6.23. The molecule has 2 atom stereocenters. The summed E-state index contributed by atoms with van der Waals surface area (Å²) in [6, 6.07) is 15.8. The standard InChI is InChI=1S/C33H30FN5O4/c34-26-16-20(17-35)4-6-25(26)29-9-5-22-2-1-3-24(31(22)43-29)21-10-13-38(14-11-21)19-30-36-27-7-8-28(33(40)41)37-32(27)39(30)18-23-12-15-42-23/h1-9,16,21,23,29H,10-15,18-19H2,(H,40,41)/t23-,29+/m0/s1. The lowest BCUT2D eigenvalue weighted by atomic mass is 9.87. The SMILES string of the molecule is N#Cc1ccc([C@H]2C=Cc3cccc(C4CCN(Cc5nc6ccc(C(=O)O)nc6n5C[C@@H]5CCO5)CC4)c3O2)c(F)c1. The quantitative estimate of drug-likeness (QED) is 0.307. The fraction of sp³-hybridized carbons (Fsp3) is 0.333. The van der Waals surface area contributed by atoms with Crippen molar-refractivity contribution in [1.29, 1.82) is 5.26 Å². The Labute approximate surface area is 247 Å². The second kappa shape index (κ2) is 11.2. The number of benzene rings is 2. The molecule has 218 valence electrons. The molecule has 43 heavy (non-hydrogen) atoms. The van der Waals surface area contributed by atoms with Gasteiger partial charge in [0.25, 0.3) is 0 Å². The van der Waals surface area contributed by atoms with Gasteiger partial charge in [-0.1, -0.05) is 30.3 Å². The molecule has 0 bridgehead atoms. The van der Waals surface area contributed by atoms with Crippen LogP contribution in [0, 0.1) is 17.1 Å². The Kier molecular flexibility index (Phi) is 7.13. The number of carboxylic acid groups (broad SMARTS) is 1. The van der Waals surface area contributed by atoms with Gasteiger partial charge in [-0.05, 0) is 74.2 Å². The van der Waals surface area contributed by atoms with E-state index in [2.05, 4.69) is 16.0 Å². The molecule has 10 heteroatoms. The molecule has 7 rings (SSSR count). The molecule has 0 radical (unpaired) electrons. The first-order chi connectivity index (χ1) is 21.0. The maximum atomic E-state index is 14.8. The van der Waals surface area contributed by atoms with Gasteiger partial charge in [0.1, 0.15) is 29.0 Å². The summed E-state index contributed by atoms with van der Waals surface area (Å²) in [5.74, 6) is 0.420. The van der Waals surface area contributed by atoms with Crippen molar-refractivity contribution in [1.82, 2.24) is 19.4 Å². The highest BCUT2D eigenvalue weighted by molar-refractivity contribution is 5.88. The van der Waals surface area contributed by atoms with Gasteiger partial charge in [0.2, 0.25) is 0 Å². The predicted octanol–water partition coefficient (Wildman–Crippen LogP) is 5.46. The zero-order valence-corrected chi connectivity index (χ0v) is 23.4. The van der Waals surface area contributed by atoms with Crippen molar-refractivity contribution in [3.63, 3.8) is 0 Å². The van der Waals surface area contributed by atoms with Gasteiger partial charge in [-0.15, -0.1) is 0 Å². The monoisotopic (exact) mass is 579 g/mol. The highest BCUT2D eigenvalue weighted by atomic mass is 19.1. The van der Waals surface area contributed by atoms with Crippen LogP contribution in [0.4, 0.5) is 4.39 Å². The number of ether oxygens (including phenoxy) is 2.